The Bertz CT molecular complexity index is 690. The summed E-state index contributed by atoms with van der Waals surface area (Å²) in [7, 11) is 0. The van der Waals surface area contributed by atoms with E-state index in [4.69, 9.17) is 0 Å². The molecule has 1 heterocycles. The van der Waals surface area contributed by atoms with Gasteiger partial charge in [0.1, 0.15) is 5.82 Å². The van der Waals surface area contributed by atoms with Gasteiger partial charge in [0.15, 0.2) is 0 Å². The maximum absolute atomic E-state index is 4.47. The number of rotatable bonds is 3. The van der Waals surface area contributed by atoms with Gasteiger partial charge < -0.3 is 4.57 Å². The van der Waals surface area contributed by atoms with Crippen molar-refractivity contribution in [3.8, 4) is 11.4 Å². The molecule has 0 saturated carbocycles. The van der Waals surface area contributed by atoms with Crippen molar-refractivity contribution in [3.63, 3.8) is 0 Å². The quantitative estimate of drug-likeness (QED) is 0.629. The summed E-state index contributed by atoms with van der Waals surface area (Å²) >= 11 is 0. The molecular weight excluding hydrogens is 220 g/mol. The van der Waals surface area contributed by atoms with Gasteiger partial charge in [-0.2, -0.15) is 0 Å². The fourth-order valence-corrected chi connectivity index (χ4v) is 2.26. The van der Waals surface area contributed by atoms with Crippen molar-refractivity contribution >= 4 is 10.8 Å². The highest BCUT2D eigenvalue weighted by Crippen LogP contribution is 2.27. The van der Waals surface area contributed by atoms with Crippen molar-refractivity contribution in [2.75, 3.05) is 0 Å². The zero-order chi connectivity index (χ0) is 12.4. The lowest BCUT2D eigenvalue weighted by molar-refractivity contribution is 0.833. The van der Waals surface area contributed by atoms with E-state index in [1.54, 1.807) is 0 Å². The zero-order valence-corrected chi connectivity index (χ0v) is 10.1. The van der Waals surface area contributed by atoms with Crippen LogP contribution in [-0.4, -0.2) is 9.55 Å². The third-order valence-electron chi connectivity index (χ3n) is 3.07. The van der Waals surface area contributed by atoms with E-state index >= 15 is 0 Å². The Morgan fingerprint density at radius 3 is 2.83 bits per heavy atom. The molecule has 0 fully saturated rings. The standard InChI is InChI=1S/C16H14N2/c1-2-11-18-12-10-17-16(18)15-9-5-7-13-6-3-4-8-14(13)15/h2-10,12H,1,11H2. The molecule has 0 N–H and O–H groups in total. The summed E-state index contributed by atoms with van der Waals surface area (Å²) in [6.07, 6.45) is 5.70. The average Bonchev–Trinajstić information content (AvgIpc) is 2.87. The van der Waals surface area contributed by atoms with Crippen LogP contribution in [0.4, 0.5) is 0 Å². The molecule has 0 aliphatic rings. The van der Waals surface area contributed by atoms with Gasteiger partial charge >= 0.3 is 0 Å². The van der Waals surface area contributed by atoms with Crippen LogP contribution in [0.3, 0.4) is 0 Å². The minimum atomic E-state index is 0.776. The second-order valence-corrected chi connectivity index (χ2v) is 4.22. The van der Waals surface area contributed by atoms with E-state index in [0.717, 1.165) is 12.4 Å². The van der Waals surface area contributed by atoms with Gasteiger partial charge in [-0.25, -0.2) is 4.98 Å². The summed E-state index contributed by atoms with van der Waals surface area (Å²) < 4.78 is 2.11. The van der Waals surface area contributed by atoms with Gasteiger partial charge in [-0.3, -0.25) is 0 Å². The molecule has 0 spiro atoms. The van der Waals surface area contributed by atoms with E-state index in [1.165, 1.54) is 16.3 Å². The van der Waals surface area contributed by atoms with Crippen LogP contribution < -0.4 is 0 Å². The number of benzene rings is 2. The fourth-order valence-electron chi connectivity index (χ4n) is 2.26. The molecular formula is C16H14N2. The molecule has 2 aromatic carbocycles. The molecule has 0 aliphatic carbocycles. The first-order valence-corrected chi connectivity index (χ1v) is 6.00. The average molecular weight is 234 g/mol. The maximum Gasteiger partial charge on any atom is 0.140 e. The van der Waals surface area contributed by atoms with Gasteiger partial charge in [0.05, 0.1) is 0 Å². The first-order chi connectivity index (χ1) is 8.90. The van der Waals surface area contributed by atoms with Crippen molar-refractivity contribution in [1.82, 2.24) is 9.55 Å². The maximum atomic E-state index is 4.47. The second-order valence-electron chi connectivity index (χ2n) is 4.22. The van der Waals surface area contributed by atoms with E-state index < -0.39 is 0 Å². The van der Waals surface area contributed by atoms with Gasteiger partial charge in [-0.1, -0.05) is 48.5 Å². The third kappa shape index (κ3) is 1.72. The lowest BCUT2D eigenvalue weighted by Gasteiger charge is -2.08. The summed E-state index contributed by atoms with van der Waals surface area (Å²) in [6, 6.07) is 14.7. The topological polar surface area (TPSA) is 17.8 Å². The van der Waals surface area contributed by atoms with E-state index in [-0.39, 0.29) is 0 Å². The normalized spacial score (nSPS) is 10.7. The number of fused-ring (bicyclic) bond motifs is 1. The van der Waals surface area contributed by atoms with Crippen molar-refractivity contribution in [1.29, 1.82) is 0 Å². The molecule has 2 heteroatoms. The highest BCUT2D eigenvalue weighted by Gasteiger charge is 2.08. The van der Waals surface area contributed by atoms with E-state index in [2.05, 4.69) is 58.6 Å². The van der Waals surface area contributed by atoms with E-state index in [1.807, 2.05) is 18.5 Å². The Balaban J connectivity index is 2.25. The van der Waals surface area contributed by atoms with Crippen molar-refractivity contribution in [3.05, 3.63) is 67.5 Å². The Kier molecular flexibility index (Phi) is 2.69. The molecule has 0 radical (unpaired) electrons. The van der Waals surface area contributed by atoms with Crippen LogP contribution in [0.15, 0.2) is 67.5 Å². The third-order valence-corrected chi connectivity index (χ3v) is 3.07. The first-order valence-electron chi connectivity index (χ1n) is 6.00. The van der Waals surface area contributed by atoms with Crippen molar-refractivity contribution in [2.24, 2.45) is 0 Å². The minimum Gasteiger partial charge on any atom is -0.327 e. The molecule has 2 nitrogen and oxygen atoms in total. The number of aromatic nitrogens is 2. The molecule has 0 saturated heterocycles. The molecule has 0 bridgehead atoms. The number of nitrogens with zero attached hydrogens (tertiary/aromatic N) is 2. The second kappa shape index (κ2) is 4.49. The predicted molar refractivity (Wildman–Crippen MR) is 75.4 cm³/mol. The smallest absolute Gasteiger partial charge is 0.140 e. The molecule has 0 amide bonds. The SMILES string of the molecule is C=CCn1ccnc1-c1cccc2ccccc12. The Hall–Kier alpha value is -2.35. The van der Waals surface area contributed by atoms with E-state index in [9.17, 15) is 0 Å². The number of hydrogen-bond acceptors (Lipinski definition) is 1. The lowest BCUT2D eigenvalue weighted by Crippen LogP contribution is -1.97. The van der Waals surface area contributed by atoms with Crippen molar-refractivity contribution < 1.29 is 0 Å². The van der Waals surface area contributed by atoms with Crippen molar-refractivity contribution in [2.45, 2.75) is 6.54 Å². The van der Waals surface area contributed by atoms with Crippen LogP contribution >= 0.6 is 0 Å². The summed E-state index contributed by atoms with van der Waals surface area (Å²) in [5, 5.41) is 2.47. The fraction of sp³-hybridized carbons (Fsp3) is 0.0625. The van der Waals surface area contributed by atoms with Gasteiger partial charge in [-0.05, 0) is 10.8 Å². The largest absolute Gasteiger partial charge is 0.327 e. The van der Waals surface area contributed by atoms with Crippen LogP contribution in [0.25, 0.3) is 22.2 Å². The van der Waals surface area contributed by atoms with Crippen LogP contribution in [0.2, 0.25) is 0 Å². The predicted octanol–water partition coefficient (Wildman–Crippen LogP) is 3.89. The molecule has 0 unspecified atom stereocenters. The summed E-state index contributed by atoms with van der Waals surface area (Å²) in [4.78, 5) is 4.47. The minimum absolute atomic E-state index is 0.776. The number of imidazole rings is 1. The number of allylic oxidation sites excluding steroid dienone is 1. The van der Waals surface area contributed by atoms with Crippen LogP contribution in [-0.2, 0) is 6.54 Å². The van der Waals surface area contributed by atoms with Gasteiger partial charge in [0.25, 0.3) is 0 Å². The highest BCUT2D eigenvalue weighted by molar-refractivity contribution is 5.95. The van der Waals surface area contributed by atoms with Gasteiger partial charge in [-0.15, -0.1) is 6.58 Å². The van der Waals surface area contributed by atoms with Gasteiger partial charge in [0.2, 0.25) is 0 Å². The molecule has 0 atom stereocenters. The molecule has 3 rings (SSSR count). The molecule has 0 aliphatic heterocycles. The van der Waals surface area contributed by atoms with Crippen LogP contribution in [0, 0.1) is 0 Å². The Morgan fingerprint density at radius 2 is 1.94 bits per heavy atom. The summed E-state index contributed by atoms with van der Waals surface area (Å²) in [6.45, 7) is 4.56. The molecule has 1 aromatic heterocycles. The molecule has 88 valence electrons. The highest BCUT2D eigenvalue weighted by atomic mass is 15.1. The Morgan fingerprint density at radius 1 is 1.11 bits per heavy atom. The zero-order valence-electron chi connectivity index (χ0n) is 10.1. The van der Waals surface area contributed by atoms with Crippen LogP contribution in [0.1, 0.15) is 0 Å². The monoisotopic (exact) mass is 234 g/mol. The summed E-state index contributed by atoms with van der Waals surface area (Å²) in [5.41, 5.74) is 1.17. The first kappa shape index (κ1) is 10.8. The molecule has 18 heavy (non-hydrogen) atoms. The van der Waals surface area contributed by atoms with Crippen LogP contribution in [0.5, 0.6) is 0 Å². The Labute approximate surface area is 106 Å². The molecule has 3 aromatic rings. The van der Waals surface area contributed by atoms with Gasteiger partial charge in [0, 0.05) is 24.5 Å². The van der Waals surface area contributed by atoms with E-state index in [0.29, 0.717) is 0 Å². The summed E-state index contributed by atoms with van der Waals surface area (Å²) in [5.74, 6) is 0.992. The number of hydrogen-bond donors (Lipinski definition) is 0. The lowest BCUT2D eigenvalue weighted by atomic mass is 10.0.